The lowest BCUT2D eigenvalue weighted by atomic mass is 10.1. The molecule has 0 aliphatic carbocycles. The first-order chi connectivity index (χ1) is 19.3. The van der Waals surface area contributed by atoms with Crippen LogP contribution in [0.3, 0.4) is 0 Å². The van der Waals surface area contributed by atoms with Crippen LogP contribution in [0.15, 0.2) is 60.9 Å². The van der Waals surface area contributed by atoms with Crippen molar-refractivity contribution in [3.8, 4) is 28.5 Å². The Morgan fingerprint density at radius 2 is 1.87 bits per heavy atom. The quantitative estimate of drug-likeness (QED) is 0.262. The molecular weight excluding hydrogens is 505 g/mol. The second kappa shape index (κ2) is 10.4. The predicted octanol–water partition coefficient (Wildman–Crippen LogP) is 6.31. The van der Waals surface area contributed by atoms with E-state index in [2.05, 4.69) is 9.97 Å². The van der Waals surface area contributed by atoms with Crippen molar-refractivity contribution >= 4 is 28.2 Å². The van der Waals surface area contributed by atoms with Gasteiger partial charge in [0.2, 0.25) is 0 Å². The van der Waals surface area contributed by atoms with Crippen LogP contribution in [0.25, 0.3) is 22.3 Å². The highest BCUT2D eigenvalue weighted by molar-refractivity contribution is 7.11. The number of hydrogen-bond donors (Lipinski definition) is 1. The fourth-order valence-corrected chi connectivity index (χ4v) is 5.15. The third-order valence-electron chi connectivity index (χ3n) is 6.27. The molecule has 0 saturated carbocycles. The summed E-state index contributed by atoms with van der Waals surface area (Å²) >= 11 is 1.28. The number of rotatable bonds is 7. The van der Waals surface area contributed by atoms with E-state index in [9.17, 15) is 4.39 Å². The van der Waals surface area contributed by atoms with Crippen LogP contribution in [-0.2, 0) is 11.3 Å². The lowest BCUT2D eigenvalue weighted by molar-refractivity contribution is 0.0674. The average molecular weight is 534 g/mol. The first kappa shape index (κ1) is 22.0. The number of aryl methyl sites for hydroxylation is 1. The smallest absolute Gasteiger partial charge is 0.164 e. The standard InChI is InChI=1S/C28H26FN5O3S/c1-17-2-7-24(38-17)15-36-22-12-19(29)13-23(14-22)37-21-5-3-18(4-6-21)26-25-27(30)31-16-32-28(25)34(33-26)20-8-10-35-11-9-20/h2-7,12-14,16,20H,8-11,15H2,1H3,(H2,30,31,32)/i15D2. The normalized spacial score (nSPS) is 15.3. The number of fused-ring (bicyclic) bond motifs is 1. The van der Waals surface area contributed by atoms with Gasteiger partial charge in [0.1, 0.15) is 47.5 Å². The molecule has 1 fully saturated rings. The van der Waals surface area contributed by atoms with E-state index >= 15 is 0 Å². The molecule has 0 unspecified atom stereocenters. The number of aromatic nitrogens is 4. The lowest BCUT2D eigenvalue weighted by Crippen LogP contribution is -2.20. The van der Waals surface area contributed by atoms with Crippen molar-refractivity contribution in [1.29, 1.82) is 0 Å². The number of nitrogen functional groups attached to an aromatic ring is 1. The molecule has 2 aromatic carbocycles. The van der Waals surface area contributed by atoms with Gasteiger partial charge in [0.15, 0.2) is 5.65 Å². The number of nitrogens with two attached hydrogens (primary N) is 1. The van der Waals surface area contributed by atoms with Gasteiger partial charge in [-0.05, 0) is 56.2 Å². The van der Waals surface area contributed by atoms with E-state index in [1.54, 1.807) is 18.2 Å². The minimum Gasteiger partial charge on any atom is -0.488 e. The van der Waals surface area contributed by atoms with Crippen LogP contribution in [0.1, 0.15) is 31.4 Å². The van der Waals surface area contributed by atoms with Gasteiger partial charge in [-0.2, -0.15) is 5.10 Å². The maximum Gasteiger partial charge on any atom is 0.164 e. The van der Waals surface area contributed by atoms with E-state index in [0.29, 0.717) is 46.4 Å². The molecule has 1 aliphatic heterocycles. The molecule has 0 amide bonds. The molecule has 10 heteroatoms. The first-order valence-corrected chi connectivity index (χ1v) is 13.0. The zero-order valence-electron chi connectivity index (χ0n) is 22.6. The van der Waals surface area contributed by atoms with Gasteiger partial charge < -0.3 is 19.9 Å². The highest BCUT2D eigenvalue weighted by Gasteiger charge is 2.24. The zero-order valence-corrected chi connectivity index (χ0v) is 21.4. The number of thiophene rings is 1. The third kappa shape index (κ3) is 5.05. The Morgan fingerprint density at radius 1 is 1.08 bits per heavy atom. The van der Waals surface area contributed by atoms with Gasteiger partial charge in [-0.3, -0.25) is 0 Å². The highest BCUT2D eigenvalue weighted by Crippen LogP contribution is 2.35. The van der Waals surface area contributed by atoms with E-state index < -0.39 is 12.4 Å². The lowest BCUT2D eigenvalue weighted by Gasteiger charge is -2.22. The van der Waals surface area contributed by atoms with Gasteiger partial charge >= 0.3 is 0 Å². The summed E-state index contributed by atoms with van der Waals surface area (Å²) in [6.45, 7) is 1.10. The summed E-state index contributed by atoms with van der Waals surface area (Å²) in [5.74, 6) is 0.386. The van der Waals surface area contributed by atoms with Crippen molar-refractivity contribution in [3.05, 3.63) is 76.5 Å². The summed E-state index contributed by atoms with van der Waals surface area (Å²) in [6.07, 6.45) is 3.11. The number of nitrogens with zero attached hydrogens (tertiary/aromatic N) is 4. The van der Waals surface area contributed by atoms with E-state index in [1.807, 2.05) is 29.8 Å². The summed E-state index contributed by atoms with van der Waals surface area (Å²) in [5.41, 5.74) is 8.40. The van der Waals surface area contributed by atoms with Gasteiger partial charge in [-0.25, -0.2) is 19.0 Å². The zero-order chi connectivity index (χ0) is 27.9. The fraction of sp³-hybridized carbons (Fsp3) is 0.250. The van der Waals surface area contributed by atoms with E-state index in [4.69, 9.17) is 27.8 Å². The largest absolute Gasteiger partial charge is 0.488 e. The number of benzene rings is 2. The Kier molecular flexibility index (Phi) is 6.02. The van der Waals surface area contributed by atoms with Gasteiger partial charge in [0, 0.05) is 46.7 Å². The van der Waals surface area contributed by atoms with Crippen LogP contribution in [0.2, 0.25) is 0 Å². The van der Waals surface area contributed by atoms with Gasteiger partial charge in [-0.1, -0.05) is 0 Å². The first-order valence-electron chi connectivity index (χ1n) is 13.2. The molecule has 0 atom stereocenters. The van der Waals surface area contributed by atoms with Crippen molar-refractivity contribution < 1.29 is 21.3 Å². The number of anilines is 1. The molecule has 4 heterocycles. The molecule has 194 valence electrons. The molecule has 38 heavy (non-hydrogen) atoms. The fourth-order valence-electron chi connectivity index (χ4n) is 4.45. The Labute approximate surface area is 225 Å². The Hall–Kier alpha value is -4.02. The average Bonchev–Trinajstić information content (AvgIpc) is 3.54. The van der Waals surface area contributed by atoms with Crippen LogP contribution < -0.4 is 15.2 Å². The summed E-state index contributed by atoms with van der Waals surface area (Å²) in [7, 11) is 0. The minimum absolute atomic E-state index is 0.0169. The minimum atomic E-state index is -2.12. The second-order valence-electron chi connectivity index (χ2n) is 8.96. The summed E-state index contributed by atoms with van der Waals surface area (Å²) in [5, 5.41) is 5.56. The summed E-state index contributed by atoms with van der Waals surface area (Å²) in [4.78, 5) is 9.99. The molecule has 2 N–H and O–H groups in total. The molecule has 8 nitrogen and oxygen atoms in total. The van der Waals surface area contributed by atoms with Crippen LogP contribution in [0.4, 0.5) is 10.2 Å². The summed E-state index contributed by atoms with van der Waals surface area (Å²) < 4.78 is 49.8. The summed E-state index contributed by atoms with van der Waals surface area (Å²) in [6, 6.07) is 14.6. The van der Waals surface area contributed by atoms with Crippen LogP contribution in [-0.4, -0.2) is 33.0 Å². The van der Waals surface area contributed by atoms with Gasteiger partial charge in [0.25, 0.3) is 0 Å². The Bertz CT molecular complexity index is 1670. The van der Waals surface area contributed by atoms with Crippen molar-refractivity contribution in [3.63, 3.8) is 0 Å². The van der Waals surface area contributed by atoms with Crippen molar-refractivity contribution in [2.45, 2.75) is 32.4 Å². The molecular formula is C28H26FN5O3S. The van der Waals surface area contributed by atoms with Crippen molar-refractivity contribution in [2.75, 3.05) is 18.9 Å². The van der Waals surface area contributed by atoms with Crippen LogP contribution >= 0.6 is 11.3 Å². The SMILES string of the molecule is [2H]C([2H])(Oc1cc(F)cc(Oc2ccc(-c3nn(C4CCOCC4)c4ncnc(N)c34)cc2)c1)c1ccc(C)s1. The van der Waals surface area contributed by atoms with Gasteiger partial charge in [0.05, 0.1) is 14.2 Å². The maximum absolute atomic E-state index is 14.4. The molecule has 1 aliphatic rings. The Balaban J connectivity index is 1.25. The van der Waals surface area contributed by atoms with Crippen LogP contribution in [0.5, 0.6) is 17.2 Å². The molecule has 3 aromatic heterocycles. The molecule has 0 radical (unpaired) electrons. The molecule has 5 aromatic rings. The van der Waals surface area contributed by atoms with Gasteiger partial charge in [-0.15, -0.1) is 11.3 Å². The number of halogens is 1. The molecule has 1 saturated heterocycles. The highest BCUT2D eigenvalue weighted by atomic mass is 32.1. The predicted molar refractivity (Wildman–Crippen MR) is 144 cm³/mol. The number of hydrogen-bond acceptors (Lipinski definition) is 8. The molecule has 0 bridgehead atoms. The number of ether oxygens (including phenoxy) is 3. The molecule has 0 spiro atoms. The Morgan fingerprint density at radius 3 is 2.63 bits per heavy atom. The van der Waals surface area contributed by atoms with E-state index in [0.717, 1.165) is 29.3 Å². The van der Waals surface area contributed by atoms with E-state index in [1.165, 1.54) is 29.8 Å². The van der Waals surface area contributed by atoms with Crippen molar-refractivity contribution in [1.82, 2.24) is 19.7 Å². The maximum atomic E-state index is 14.4. The topological polar surface area (TPSA) is 97.3 Å². The third-order valence-corrected chi connectivity index (χ3v) is 7.17. The second-order valence-corrected chi connectivity index (χ2v) is 10.2. The van der Waals surface area contributed by atoms with Crippen LogP contribution in [0, 0.1) is 12.7 Å². The van der Waals surface area contributed by atoms with E-state index in [-0.39, 0.29) is 17.5 Å². The molecule has 6 rings (SSSR count). The monoisotopic (exact) mass is 533 g/mol. The van der Waals surface area contributed by atoms with Crippen molar-refractivity contribution in [2.24, 2.45) is 0 Å².